The summed E-state index contributed by atoms with van der Waals surface area (Å²) in [5.74, 6) is 1.79. The molecular formula is C19H18Cl2NO2-. The summed E-state index contributed by atoms with van der Waals surface area (Å²) in [5, 5.41) is 4.08. The molecule has 0 radical (unpaired) electrons. The van der Waals surface area contributed by atoms with Crippen molar-refractivity contribution in [3.8, 4) is 5.75 Å². The van der Waals surface area contributed by atoms with Crippen LogP contribution in [0.5, 0.6) is 5.75 Å². The molecule has 0 spiro atoms. The summed E-state index contributed by atoms with van der Waals surface area (Å²) in [6, 6.07) is 19.6. The second kappa shape index (κ2) is 9.38. The number of hydrogen-bond donors (Lipinski definition) is 1. The van der Waals surface area contributed by atoms with Crippen molar-refractivity contribution in [3.05, 3.63) is 88.8 Å². The molecule has 0 aliphatic heterocycles. The van der Waals surface area contributed by atoms with Gasteiger partial charge in [0.1, 0.15) is 18.1 Å². The Morgan fingerprint density at radius 3 is 2.50 bits per heavy atom. The predicted molar refractivity (Wildman–Crippen MR) is 91.5 cm³/mol. The van der Waals surface area contributed by atoms with Crippen molar-refractivity contribution in [2.45, 2.75) is 19.7 Å². The SMILES string of the molecule is Clc1ccc(COc2cccc(CNCc3ccco3)c2)cc1.[Cl-]. The molecule has 2 aromatic carbocycles. The first-order valence-electron chi connectivity index (χ1n) is 7.49. The quantitative estimate of drug-likeness (QED) is 0.695. The average Bonchev–Trinajstić information content (AvgIpc) is 3.08. The second-order valence-electron chi connectivity index (χ2n) is 5.25. The highest BCUT2D eigenvalue weighted by molar-refractivity contribution is 6.30. The number of halogens is 2. The molecule has 0 amide bonds. The highest BCUT2D eigenvalue weighted by Gasteiger charge is 2.00. The van der Waals surface area contributed by atoms with Crippen molar-refractivity contribution >= 4 is 11.6 Å². The first kappa shape index (κ1) is 18.4. The maximum atomic E-state index is 5.88. The summed E-state index contributed by atoms with van der Waals surface area (Å²) in [5.41, 5.74) is 2.26. The van der Waals surface area contributed by atoms with Crippen LogP contribution in [0.15, 0.2) is 71.3 Å². The van der Waals surface area contributed by atoms with Crippen LogP contribution in [0.25, 0.3) is 0 Å². The fourth-order valence-corrected chi connectivity index (χ4v) is 2.36. The van der Waals surface area contributed by atoms with Crippen LogP contribution in [0, 0.1) is 0 Å². The Morgan fingerprint density at radius 2 is 1.75 bits per heavy atom. The van der Waals surface area contributed by atoms with Crippen LogP contribution in [0.4, 0.5) is 0 Å². The maximum absolute atomic E-state index is 5.88. The number of hydrogen-bond acceptors (Lipinski definition) is 3. The molecule has 3 aromatic rings. The minimum absolute atomic E-state index is 0. The molecule has 0 aliphatic carbocycles. The van der Waals surface area contributed by atoms with Crippen molar-refractivity contribution < 1.29 is 21.6 Å². The monoisotopic (exact) mass is 362 g/mol. The van der Waals surface area contributed by atoms with Gasteiger partial charge < -0.3 is 26.9 Å². The first-order chi connectivity index (χ1) is 11.3. The molecule has 3 nitrogen and oxygen atoms in total. The van der Waals surface area contributed by atoms with Crippen molar-refractivity contribution in [1.82, 2.24) is 5.32 Å². The maximum Gasteiger partial charge on any atom is 0.120 e. The van der Waals surface area contributed by atoms with Crippen molar-refractivity contribution in [3.63, 3.8) is 0 Å². The molecule has 1 aromatic heterocycles. The molecule has 0 saturated heterocycles. The normalized spacial score (nSPS) is 10.2. The molecule has 24 heavy (non-hydrogen) atoms. The van der Waals surface area contributed by atoms with E-state index in [2.05, 4.69) is 11.4 Å². The summed E-state index contributed by atoms with van der Waals surface area (Å²) in [7, 11) is 0. The van der Waals surface area contributed by atoms with Crippen LogP contribution in [0.1, 0.15) is 16.9 Å². The van der Waals surface area contributed by atoms with Gasteiger partial charge in [-0.3, -0.25) is 0 Å². The Bertz CT molecular complexity index is 727. The molecule has 1 N–H and O–H groups in total. The number of furan rings is 1. The number of benzene rings is 2. The van der Waals surface area contributed by atoms with Gasteiger partial charge in [-0.2, -0.15) is 0 Å². The Kier molecular flexibility index (Phi) is 7.19. The van der Waals surface area contributed by atoms with E-state index in [1.54, 1.807) is 6.26 Å². The smallest absolute Gasteiger partial charge is 0.120 e. The molecule has 3 rings (SSSR count). The Balaban J connectivity index is 0.00000208. The third-order valence-corrected chi connectivity index (χ3v) is 3.68. The third kappa shape index (κ3) is 5.60. The van der Waals surface area contributed by atoms with E-state index in [0.29, 0.717) is 13.2 Å². The van der Waals surface area contributed by atoms with Gasteiger partial charge in [-0.15, -0.1) is 0 Å². The fourth-order valence-electron chi connectivity index (χ4n) is 2.24. The molecule has 0 fully saturated rings. The van der Waals surface area contributed by atoms with Gasteiger partial charge in [0.25, 0.3) is 0 Å². The van der Waals surface area contributed by atoms with Crippen LogP contribution in [0.3, 0.4) is 0 Å². The summed E-state index contributed by atoms with van der Waals surface area (Å²) in [6.07, 6.45) is 1.68. The van der Waals surface area contributed by atoms with Gasteiger partial charge in [-0.1, -0.05) is 35.9 Å². The van der Waals surface area contributed by atoms with Gasteiger partial charge in [0.05, 0.1) is 12.8 Å². The lowest BCUT2D eigenvalue weighted by Crippen LogP contribution is -3.00. The largest absolute Gasteiger partial charge is 1.00 e. The third-order valence-electron chi connectivity index (χ3n) is 3.43. The van der Waals surface area contributed by atoms with Crippen LogP contribution in [0.2, 0.25) is 5.02 Å². The van der Waals surface area contributed by atoms with Crippen molar-refractivity contribution in [1.29, 1.82) is 0 Å². The fraction of sp³-hybridized carbons (Fsp3) is 0.158. The number of ether oxygens (including phenoxy) is 1. The molecule has 0 saturated carbocycles. The molecule has 0 bridgehead atoms. The number of rotatable bonds is 7. The Morgan fingerprint density at radius 1 is 0.917 bits per heavy atom. The average molecular weight is 363 g/mol. The molecule has 0 aliphatic rings. The van der Waals surface area contributed by atoms with E-state index in [-0.39, 0.29) is 12.4 Å². The van der Waals surface area contributed by atoms with E-state index in [9.17, 15) is 0 Å². The highest BCUT2D eigenvalue weighted by Crippen LogP contribution is 2.16. The second-order valence-corrected chi connectivity index (χ2v) is 5.68. The predicted octanol–water partition coefficient (Wildman–Crippen LogP) is 1.81. The van der Waals surface area contributed by atoms with Gasteiger partial charge in [0, 0.05) is 11.6 Å². The zero-order valence-electron chi connectivity index (χ0n) is 13.0. The Labute approximate surface area is 153 Å². The van der Waals surface area contributed by atoms with Gasteiger partial charge in [-0.05, 0) is 47.5 Å². The zero-order chi connectivity index (χ0) is 15.9. The van der Waals surface area contributed by atoms with E-state index in [1.165, 1.54) is 5.56 Å². The lowest BCUT2D eigenvalue weighted by molar-refractivity contribution is -0.00000545. The molecule has 5 heteroatoms. The van der Waals surface area contributed by atoms with Crippen molar-refractivity contribution in [2.75, 3.05) is 0 Å². The van der Waals surface area contributed by atoms with E-state index in [1.807, 2.05) is 54.6 Å². The molecule has 1 heterocycles. The minimum Gasteiger partial charge on any atom is -1.00 e. The molecule has 0 unspecified atom stereocenters. The van der Waals surface area contributed by atoms with Crippen LogP contribution in [-0.4, -0.2) is 0 Å². The number of nitrogens with one attached hydrogen (secondary N) is 1. The summed E-state index contributed by atoms with van der Waals surface area (Å²) in [6.45, 7) is 2.00. The molecule has 0 atom stereocenters. The van der Waals surface area contributed by atoms with E-state index >= 15 is 0 Å². The summed E-state index contributed by atoms with van der Waals surface area (Å²) >= 11 is 5.88. The van der Waals surface area contributed by atoms with Gasteiger partial charge >= 0.3 is 0 Å². The van der Waals surface area contributed by atoms with E-state index < -0.39 is 0 Å². The van der Waals surface area contributed by atoms with Crippen molar-refractivity contribution in [2.24, 2.45) is 0 Å². The van der Waals surface area contributed by atoms with Crippen LogP contribution in [-0.2, 0) is 19.7 Å². The lowest BCUT2D eigenvalue weighted by atomic mass is 10.2. The molecular weight excluding hydrogens is 345 g/mol. The lowest BCUT2D eigenvalue weighted by Gasteiger charge is -2.09. The zero-order valence-corrected chi connectivity index (χ0v) is 14.6. The first-order valence-corrected chi connectivity index (χ1v) is 7.87. The summed E-state index contributed by atoms with van der Waals surface area (Å²) in [4.78, 5) is 0. The topological polar surface area (TPSA) is 34.4 Å². The van der Waals surface area contributed by atoms with Crippen LogP contribution < -0.4 is 22.5 Å². The van der Waals surface area contributed by atoms with Gasteiger partial charge in [0.15, 0.2) is 0 Å². The van der Waals surface area contributed by atoms with Crippen LogP contribution >= 0.6 is 11.6 Å². The van der Waals surface area contributed by atoms with E-state index in [0.717, 1.165) is 28.6 Å². The van der Waals surface area contributed by atoms with E-state index in [4.69, 9.17) is 20.8 Å². The van der Waals surface area contributed by atoms with Gasteiger partial charge in [0.2, 0.25) is 0 Å². The molecule has 126 valence electrons. The summed E-state index contributed by atoms with van der Waals surface area (Å²) < 4.78 is 11.1. The highest BCUT2D eigenvalue weighted by atomic mass is 35.5. The standard InChI is InChI=1S/C19H18ClNO2.ClH/c20-17-8-6-15(7-9-17)14-23-18-4-1-3-16(11-18)12-21-13-19-5-2-10-22-19;/h1-11,21H,12-14H2;1H/p-1. The Hall–Kier alpha value is -1.94. The van der Waals surface area contributed by atoms with Gasteiger partial charge in [-0.25, -0.2) is 0 Å². The minimum atomic E-state index is 0.